The van der Waals surface area contributed by atoms with Crippen molar-refractivity contribution >= 4 is 36.1 Å². The lowest BCUT2D eigenvalue weighted by atomic mass is 9.95. The van der Waals surface area contributed by atoms with Crippen LogP contribution >= 0.6 is 0 Å². The number of aromatic nitrogens is 2. The Balaban J connectivity index is 1.59. The lowest BCUT2D eigenvalue weighted by Crippen LogP contribution is -2.51. The molecule has 12 nitrogen and oxygen atoms in total. The minimum Gasteiger partial charge on any atom is -0.459 e. The van der Waals surface area contributed by atoms with Crippen LogP contribution in [0.4, 0.5) is 5.82 Å². The SMILES string of the molecule is C[C@@]1(OC(=O)c2ccccc2)[C@H](OC(=O)c2ccccc2)[C@@H](COC(=O)c2ccccc2)O[C@H]1n1cc(C=CC=O)c(N)nc1=O. The van der Waals surface area contributed by atoms with E-state index in [4.69, 9.17) is 24.7 Å². The molecule has 3 aromatic carbocycles. The van der Waals surface area contributed by atoms with Gasteiger partial charge < -0.3 is 24.7 Å². The Labute approximate surface area is 263 Å². The number of carbonyl (C=O) groups is 4. The van der Waals surface area contributed by atoms with Crippen molar-refractivity contribution in [3.8, 4) is 0 Å². The number of benzene rings is 3. The molecule has 0 amide bonds. The van der Waals surface area contributed by atoms with Gasteiger partial charge in [-0.25, -0.2) is 19.2 Å². The molecule has 1 fully saturated rings. The highest BCUT2D eigenvalue weighted by Crippen LogP contribution is 2.43. The van der Waals surface area contributed by atoms with Crippen LogP contribution in [0.15, 0.2) is 108 Å². The Bertz CT molecular complexity index is 1810. The van der Waals surface area contributed by atoms with Crippen molar-refractivity contribution in [2.75, 3.05) is 12.3 Å². The summed E-state index contributed by atoms with van der Waals surface area (Å²) in [5.41, 5.74) is 3.95. The first-order chi connectivity index (χ1) is 22.2. The molecule has 1 aliphatic heterocycles. The lowest BCUT2D eigenvalue weighted by molar-refractivity contribution is -0.111. The molecule has 0 radical (unpaired) electrons. The van der Waals surface area contributed by atoms with E-state index < -0.39 is 54.2 Å². The van der Waals surface area contributed by atoms with Crippen LogP contribution in [0, 0.1) is 0 Å². The average Bonchev–Trinajstić information content (AvgIpc) is 3.34. The van der Waals surface area contributed by atoms with Crippen LogP contribution in [0.3, 0.4) is 0 Å². The molecule has 0 saturated carbocycles. The molecule has 1 saturated heterocycles. The monoisotopic (exact) mass is 623 g/mol. The van der Waals surface area contributed by atoms with Gasteiger partial charge >= 0.3 is 23.6 Å². The summed E-state index contributed by atoms with van der Waals surface area (Å²) in [6.45, 7) is 0.981. The van der Waals surface area contributed by atoms with Gasteiger partial charge in [0.25, 0.3) is 0 Å². The van der Waals surface area contributed by atoms with Crippen LogP contribution in [0.2, 0.25) is 0 Å². The van der Waals surface area contributed by atoms with E-state index in [1.54, 1.807) is 66.7 Å². The summed E-state index contributed by atoms with van der Waals surface area (Å²) in [6.07, 6.45) is 0.152. The molecule has 0 spiro atoms. The van der Waals surface area contributed by atoms with Crippen molar-refractivity contribution in [1.82, 2.24) is 9.55 Å². The molecule has 1 aromatic heterocycles. The summed E-state index contributed by atoms with van der Waals surface area (Å²) in [6, 6.07) is 24.3. The summed E-state index contributed by atoms with van der Waals surface area (Å²) in [4.78, 5) is 67.9. The predicted octanol–water partition coefficient (Wildman–Crippen LogP) is 3.63. The molecule has 0 bridgehead atoms. The molecule has 0 unspecified atom stereocenters. The number of anilines is 1. The fraction of sp³-hybridized carbons (Fsp3) is 0.176. The maximum absolute atomic E-state index is 13.5. The number of hydrogen-bond donors (Lipinski definition) is 1. The van der Waals surface area contributed by atoms with Crippen LogP contribution in [0.1, 0.15) is 49.8 Å². The average molecular weight is 624 g/mol. The normalized spacial score (nSPS) is 20.6. The van der Waals surface area contributed by atoms with Gasteiger partial charge in [0, 0.05) is 11.8 Å². The zero-order valence-corrected chi connectivity index (χ0v) is 24.6. The van der Waals surface area contributed by atoms with Gasteiger partial charge in [-0.05, 0) is 55.5 Å². The van der Waals surface area contributed by atoms with E-state index in [-0.39, 0.29) is 28.1 Å². The number of nitrogens with zero attached hydrogens (tertiary/aromatic N) is 2. The van der Waals surface area contributed by atoms with Gasteiger partial charge in [0.1, 0.15) is 24.8 Å². The topological polar surface area (TPSA) is 166 Å². The molecule has 234 valence electrons. The second kappa shape index (κ2) is 13.8. The molecule has 12 heteroatoms. The number of nitrogen functional groups attached to an aromatic ring is 1. The highest BCUT2D eigenvalue weighted by atomic mass is 16.7. The van der Waals surface area contributed by atoms with Crippen molar-refractivity contribution in [2.45, 2.75) is 31.0 Å². The third kappa shape index (κ3) is 6.76. The first-order valence-corrected chi connectivity index (χ1v) is 14.1. The van der Waals surface area contributed by atoms with Gasteiger partial charge in [-0.15, -0.1) is 0 Å². The molecule has 2 heterocycles. The van der Waals surface area contributed by atoms with E-state index in [1.165, 1.54) is 43.5 Å². The van der Waals surface area contributed by atoms with Crippen LogP contribution in [-0.4, -0.2) is 58.2 Å². The van der Waals surface area contributed by atoms with E-state index in [2.05, 4.69) is 4.98 Å². The minimum atomic E-state index is -1.91. The van der Waals surface area contributed by atoms with Crippen molar-refractivity contribution in [3.63, 3.8) is 0 Å². The quantitative estimate of drug-likeness (QED) is 0.119. The van der Waals surface area contributed by atoms with Gasteiger partial charge in [0.15, 0.2) is 17.9 Å². The minimum absolute atomic E-state index is 0.166. The molecular weight excluding hydrogens is 594 g/mol. The van der Waals surface area contributed by atoms with E-state index in [9.17, 15) is 24.0 Å². The number of hydrogen-bond acceptors (Lipinski definition) is 11. The fourth-order valence-corrected chi connectivity index (χ4v) is 4.99. The van der Waals surface area contributed by atoms with Crippen LogP contribution < -0.4 is 11.4 Å². The van der Waals surface area contributed by atoms with Gasteiger partial charge in [-0.3, -0.25) is 9.36 Å². The number of aldehydes is 1. The number of carbonyl (C=O) groups excluding carboxylic acids is 4. The van der Waals surface area contributed by atoms with E-state index in [0.717, 1.165) is 10.6 Å². The molecular formula is C34H29N3O9. The van der Waals surface area contributed by atoms with E-state index in [1.807, 2.05) is 0 Å². The summed E-state index contributed by atoms with van der Waals surface area (Å²) < 4.78 is 24.9. The van der Waals surface area contributed by atoms with Gasteiger partial charge in [0.2, 0.25) is 0 Å². The third-order valence-corrected chi connectivity index (χ3v) is 7.27. The Morgan fingerprint density at radius 3 is 2.00 bits per heavy atom. The number of ether oxygens (including phenoxy) is 4. The molecule has 0 aliphatic carbocycles. The summed E-state index contributed by atoms with van der Waals surface area (Å²) in [5.74, 6) is -2.44. The first kappa shape index (κ1) is 31.5. The van der Waals surface area contributed by atoms with Crippen molar-refractivity contribution < 1.29 is 38.1 Å². The van der Waals surface area contributed by atoms with Crippen molar-refractivity contribution in [3.05, 3.63) is 136 Å². The van der Waals surface area contributed by atoms with Gasteiger partial charge in [-0.1, -0.05) is 54.6 Å². The smallest absolute Gasteiger partial charge is 0.351 e. The molecule has 46 heavy (non-hydrogen) atoms. The largest absolute Gasteiger partial charge is 0.459 e. The summed E-state index contributed by atoms with van der Waals surface area (Å²) in [5, 5.41) is 0. The fourth-order valence-electron chi connectivity index (χ4n) is 4.99. The van der Waals surface area contributed by atoms with Crippen LogP contribution in [0.25, 0.3) is 6.08 Å². The molecule has 2 N–H and O–H groups in total. The van der Waals surface area contributed by atoms with E-state index >= 15 is 0 Å². The van der Waals surface area contributed by atoms with Crippen LogP contribution in [0.5, 0.6) is 0 Å². The number of allylic oxidation sites excluding steroid dienone is 1. The number of esters is 3. The van der Waals surface area contributed by atoms with Gasteiger partial charge in [-0.2, -0.15) is 4.98 Å². The van der Waals surface area contributed by atoms with E-state index in [0.29, 0.717) is 6.29 Å². The maximum Gasteiger partial charge on any atom is 0.351 e. The second-order valence-electron chi connectivity index (χ2n) is 10.4. The molecule has 4 atom stereocenters. The Hall–Kier alpha value is -5.88. The first-order valence-electron chi connectivity index (χ1n) is 14.1. The van der Waals surface area contributed by atoms with Crippen molar-refractivity contribution in [1.29, 1.82) is 0 Å². The zero-order valence-electron chi connectivity index (χ0n) is 24.6. The van der Waals surface area contributed by atoms with Gasteiger partial charge in [0.05, 0.1) is 16.7 Å². The lowest BCUT2D eigenvalue weighted by Gasteiger charge is -2.34. The highest BCUT2D eigenvalue weighted by molar-refractivity contribution is 5.91. The molecule has 4 aromatic rings. The number of rotatable bonds is 10. The maximum atomic E-state index is 13.5. The van der Waals surface area contributed by atoms with Crippen LogP contribution in [-0.2, 0) is 23.7 Å². The Kier molecular flexibility index (Phi) is 9.48. The second-order valence-corrected chi connectivity index (χ2v) is 10.4. The number of nitrogens with two attached hydrogens (primary N) is 1. The summed E-state index contributed by atoms with van der Waals surface area (Å²) in [7, 11) is 0. The predicted molar refractivity (Wildman–Crippen MR) is 165 cm³/mol. The molecule has 1 aliphatic rings. The Morgan fingerprint density at radius 2 is 1.43 bits per heavy atom. The zero-order chi connectivity index (χ0) is 32.7. The third-order valence-electron chi connectivity index (χ3n) is 7.27. The summed E-state index contributed by atoms with van der Waals surface area (Å²) >= 11 is 0. The van der Waals surface area contributed by atoms with Crippen molar-refractivity contribution in [2.24, 2.45) is 0 Å². The highest BCUT2D eigenvalue weighted by Gasteiger charge is 2.60. The standard InChI is InChI=1S/C34H29N3O9/c1-34(46-31(41)24-16-9-4-10-17-24)27(45-30(40)23-14-7-3-8-15-23)26(21-43-29(39)22-12-5-2-6-13-22)44-32(34)37-20-25(18-11-19-38)28(35)36-33(37)42/h2-20,26-27,32H,21H2,1H3,(H2,35,36,42)/t26-,27-,32-,34-/m1/s1. The molecule has 5 rings (SSSR count). The Morgan fingerprint density at radius 1 is 0.891 bits per heavy atom.